The number of hydrogen-bond donors (Lipinski definition) is 0. The van der Waals surface area contributed by atoms with Crippen LogP contribution in [0.3, 0.4) is 0 Å². The van der Waals surface area contributed by atoms with E-state index in [-0.39, 0.29) is 0 Å². The molecule has 0 aliphatic carbocycles. The minimum atomic E-state index is 0.750. The zero-order valence-electron chi connectivity index (χ0n) is 2.91. The molecule has 0 saturated carbocycles. The molecule has 0 heterocycles. The summed E-state index contributed by atoms with van der Waals surface area (Å²) in [5.41, 5.74) is 0. The van der Waals surface area contributed by atoms with Gasteiger partial charge in [0.25, 0.3) is 0 Å². The normalized spacial score (nSPS) is 2.00. The second-order valence-electron chi connectivity index (χ2n) is 0. The van der Waals surface area contributed by atoms with Crippen LogP contribution < -0.4 is 0 Å². The van der Waals surface area contributed by atoms with Crippen LogP contribution in [0.25, 0.3) is 0 Å². The van der Waals surface area contributed by atoms with Gasteiger partial charge >= 0.3 is 23.7 Å². The van der Waals surface area contributed by atoms with Crippen molar-refractivity contribution in [2.24, 2.45) is 0 Å². The van der Waals surface area contributed by atoms with E-state index in [1.54, 1.807) is 0 Å². The van der Waals surface area contributed by atoms with Crippen LogP contribution in [0.1, 0.15) is 0 Å². The Morgan fingerprint density at radius 2 is 1.50 bits per heavy atom. The first-order valence-electron chi connectivity index (χ1n) is 1.20. The van der Waals surface area contributed by atoms with Gasteiger partial charge in [-0.25, -0.2) is 0 Å². The molecule has 0 atom stereocenters. The van der Waals surface area contributed by atoms with E-state index in [1.165, 1.54) is 16.3 Å². The summed E-state index contributed by atoms with van der Waals surface area (Å²) in [4.78, 5) is 0. The first-order valence-corrected chi connectivity index (χ1v) is 3.84. The van der Waals surface area contributed by atoms with Gasteiger partial charge < -0.3 is 0 Å². The SMILES string of the molecule is [CH3][AlH2].[O]=[Ti]. The van der Waals surface area contributed by atoms with Crippen LogP contribution in [0.2, 0.25) is 5.79 Å². The van der Waals surface area contributed by atoms with Gasteiger partial charge in [0.1, 0.15) is 0 Å². The Balaban J connectivity index is 0. The van der Waals surface area contributed by atoms with E-state index < -0.39 is 0 Å². The van der Waals surface area contributed by atoms with Crippen molar-refractivity contribution < 1.29 is 23.7 Å². The van der Waals surface area contributed by atoms with Crippen LogP contribution in [0, 0.1) is 0 Å². The zero-order chi connectivity index (χ0) is 4.00. The van der Waals surface area contributed by atoms with E-state index >= 15 is 0 Å². The van der Waals surface area contributed by atoms with Crippen LogP contribution >= 0.6 is 0 Å². The molecule has 0 aromatic rings. The van der Waals surface area contributed by atoms with Crippen LogP contribution in [0.5, 0.6) is 0 Å². The molecular formula is CH5AlOTi. The van der Waals surface area contributed by atoms with Crippen molar-refractivity contribution >= 4 is 16.3 Å². The van der Waals surface area contributed by atoms with E-state index in [1.807, 2.05) is 0 Å². The van der Waals surface area contributed by atoms with Gasteiger partial charge in [-0.3, -0.25) is 0 Å². The summed E-state index contributed by atoms with van der Waals surface area (Å²) >= 11 is 2.06. The Morgan fingerprint density at radius 3 is 1.50 bits per heavy atom. The molecule has 0 bridgehead atoms. The first kappa shape index (κ1) is 8.90. The first-order chi connectivity index (χ1) is 2.00. The summed E-state index contributed by atoms with van der Waals surface area (Å²) in [5, 5.41) is 0. The van der Waals surface area contributed by atoms with E-state index in [0.29, 0.717) is 0 Å². The summed E-state index contributed by atoms with van der Waals surface area (Å²) in [5.74, 6) is 2.14. The molecule has 0 aromatic carbocycles. The van der Waals surface area contributed by atoms with Gasteiger partial charge in [-0.15, -0.1) is 5.79 Å². The zero-order valence-corrected chi connectivity index (χ0v) is 6.47. The Morgan fingerprint density at radius 1 is 1.50 bits per heavy atom. The van der Waals surface area contributed by atoms with Crippen molar-refractivity contribution in [1.29, 1.82) is 0 Å². The molecule has 0 rings (SSSR count). The van der Waals surface area contributed by atoms with Crippen molar-refractivity contribution in [2.45, 2.75) is 5.79 Å². The maximum atomic E-state index is 8.25. The van der Waals surface area contributed by atoms with Gasteiger partial charge in [0.2, 0.25) is 16.3 Å². The Hall–Kier alpha value is 1.05. The van der Waals surface area contributed by atoms with E-state index in [2.05, 4.69) is 5.79 Å². The molecule has 0 unspecified atom stereocenters. The third-order valence-electron chi connectivity index (χ3n) is 0. The molecule has 1 nitrogen and oxygen atoms in total. The molecular weight excluding hydrogens is 103 g/mol. The fraction of sp³-hybridized carbons (Fsp3) is 1.00. The molecule has 0 radical (unpaired) electrons. The van der Waals surface area contributed by atoms with Gasteiger partial charge in [0.15, 0.2) is 0 Å². The maximum absolute atomic E-state index is 8.25. The second kappa shape index (κ2) is 34.3. The Kier molecular flexibility index (Phi) is 76.3. The van der Waals surface area contributed by atoms with Gasteiger partial charge in [0, 0.05) is 0 Å². The molecule has 0 aliphatic rings. The molecule has 4 heavy (non-hydrogen) atoms. The predicted octanol–water partition coefficient (Wildman–Crippen LogP) is -0.454. The fourth-order valence-electron chi connectivity index (χ4n) is 0. The van der Waals surface area contributed by atoms with Crippen molar-refractivity contribution in [3.05, 3.63) is 0 Å². The summed E-state index contributed by atoms with van der Waals surface area (Å²) in [6.07, 6.45) is 0. The van der Waals surface area contributed by atoms with Gasteiger partial charge in [0.05, 0.1) is 0 Å². The molecule has 3 heteroatoms. The van der Waals surface area contributed by atoms with Crippen molar-refractivity contribution in [1.82, 2.24) is 0 Å². The summed E-state index contributed by atoms with van der Waals surface area (Å²) in [6.45, 7) is 0. The van der Waals surface area contributed by atoms with Crippen LogP contribution in [-0.4, -0.2) is 16.3 Å². The second-order valence-corrected chi connectivity index (χ2v) is 0. The monoisotopic (exact) mass is 108 g/mol. The topological polar surface area (TPSA) is 17.1 Å². The summed E-state index contributed by atoms with van der Waals surface area (Å²) in [7, 11) is 0. The van der Waals surface area contributed by atoms with E-state index in [0.717, 1.165) is 20.4 Å². The van der Waals surface area contributed by atoms with Gasteiger partial charge in [-0.2, -0.15) is 0 Å². The van der Waals surface area contributed by atoms with Crippen LogP contribution in [-0.2, 0) is 23.7 Å². The van der Waals surface area contributed by atoms with Crippen molar-refractivity contribution in [2.75, 3.05) is 0 Å². The van der Waals surface area contributed by atoms with Crippen LogP contribution in [0.4, 0.5) is 0 Å². The van der Waals surface area contributed by atoms with E-state index in [4.69, 9.17) is 3.32 Å². The molecule has 0 aromatic heterocycles. The molecule has 0 fully saturated rings. The molecule has 0 aliphatic heterocycles. The Bertz CT molecular complexity index is 8.00. The van der Waals surface area contributed by atoms with E-state index in [9.17, 15) is 0 Å². The van der Waals surface area contributed by atoms with Crippen LogP contribution in [0.15, 0.2) is 0 Å². The van der Waals surface area contributed by atoms with Crippen molar-refractivity contribution in [3.63, 3.8) is 0 Å². The number of hydrogen-bond acceptors (Lipinski definition) is 1. The summed E-state index contributed by atoms with van der Waals surface area (Å²) in [6, 6.07) is 0. The third kappa shape index (κ3) is 11.6. The quantitative estimate of drug-likeness (QED) is 0.384. The van der Waals surface area contributed by atoms with Crippen molar-refractivity contribution in [3.8, 4) is 0 Å². The molecule has 0 amide bonds. The number of rotatable bonds is 0. The fourth-order valence-corrected chi connectivity index (χ4v) is 0. The molecule has 22 valence electrons. The molecule has 0 saturated heterocycles. The standard InChI is InChI=1S/CH3.Al.O.Ti.2H/h1H3;;;;;. The predicted molar refractivity (Wildman–Crippen MR) is 15.1 cm³/mol. The van der Waals surface area contributed by atoms with Gasteiger partial charge in [-0.05, 0) is 0 Å². The average Bonchev–Trinajstić information content (AvgIpc) is 1.50. The van der Waals surface area contributed by atoms with Gasteiger partial charge in [-0.1, -0.05) is 0 Å². The minimum absolute atomic E-state index is 0.750. The molecule has 0 N–H and O–H groups in total. The average molecular weight is 108 g/mol. The summed E-state index contributed by atoms with van der Waals surface area (Å²) < 4.78 is 8.25. The Labute approximate surface area is 45.9 Å². The third-order valence-corrected chi connectivity index (χ3v) is 0. The molecule has 0 spiro atoms.